The zero-order chi connectivity index (χ0) is 17.1. The summed E-state index contributed by atoms with van der Waals surface area (Å²) in [6, 6.07) is 2.19. The fraction of sp³-hybridized carbons (Fsp3) is 0.500. The highest BCUT2D eigenvalue weighted by Gasteiger charge is 2.02. The van der Waals surface area contributed by atoms with Gasteiger partial charge in [-0.1, -0.05) is 0 Å². The van der Waals surface area contributed by atoms with Gasteiger partial charge in [0.15, 0.2) is 18.6 Å². The molecule has 1 rings (SSSR count). The van der Waals surface area contributed by atoms with Crippen LogP contribution in [0.25, 0.3) is 0 Å². The molecule has 0 unspecified atom stereocenters. The summed E-state index contributed by atoms with van der Waals surface area (Å²) in [5, 5.41) is 5.47. The average Bonchev–Trinajstić information content (AvgIpc) is 2.55. The van der Waals surface area contributed by atoms with Crippen molar-refractivity contribution in [2.24, 2.45) is 0 Å². The maximum Gasteiger partial charge on any atom is 0.171 e. The van der Waals surface area contributed by atoms with Gasteiger partial charge in [-0.2, -0.15) is 0 Å². The Morgan fingerprint density at radius 2 is 1.83 bits per heavy atom. The Balaban J connectivity index is 2.09. The summed E-state index contributed by atoms with van der Waals surface area (Å²) in [7, 11) is 0. The fourth-order valence-electron chi connectivity index (χ4n) is 2.19. The first-order chi connectivity index (χ1) is 11.0. The Hall–Kier alpha value is -1.90. The molecule has 0 aliphatic rings. The first-order valence-electron chi connectivity index (χ1n) is 8.51. The summed E-state index contributed by atoms with van der Waals surface area (Å²) < 4.78 is 7.80. The van der Waals surface area contributed by atoms with Crippen molar-refractivity contribution in [2.45, 2.75) is 59.9 Å². The predicted molar refractivity (Wildman–Crippen MR) is 96.0 cm³/mol. The number of aryl methyl sites for hydroxylation is 3. The van der Waals surface area contributed by atoms with Gasteiger partial charge in [0.2, 0.25) is 0 Å². The number of aromatic nitrogens is 1. The second kappa shape index (κ2) is 10.8. The van der Waals surface area contributed by atoms with Crippen LogP contribution in [0.2, 0.25) is 0 Å². The van der Waals surface area contributed by atoms with Gasteiger partial charge in [-0.25, -0.2) is 4.57 Å². The number of ether oxygens (including phenoxy) is 1. The molecule has 1 aromatic heterocycles. The number of nitrogens with two attached hydrogens (primary N) is 1. The molecule has 0 radical (unpaired) electrons. The van der Waals surface area contributed by atoms with Crippen molar-refractivity contribution in [2.75, 3.05) is 6.61 Å². The van der Waals surface area contributed by atoms with E-state index in [4.69, 9.17) is 10.1 Å². The molecule has 0 atom stereocenters. The molecule has 0 aliphatic heterocycles. The van der Waals surface area contributed by atoms with Crippen LogP contribution in [0.4, 0.5) is 0 Å². The Kier molecular flexibility index (Phi) is 8.96. The summed E-state index contributed by atoms with van der Waals surface area (Å²) in [5.74, 6) is 0. The highest BCUT2D eigenvalue weighted by Crippen LogP contribution is 2.04. The highest BCUT2D eigenvalue weighted by atomic mass is 16.5. The predicted octanol–water partition coefficient (Wildman–Crippen LogP) is 2.85. The lowest BCUT2D eigenvalue weighted by Crippen LogP contribution is -2.33. The normalized spacial score (nSPS) is 12.3. The largest absolute Gasteiger partial charge is 0.501 e. The molecule has 23 heavy (non-hydrogen) atoms. The van der Waals surface area contributed by atoms with Gasteiger partial charge in [-0.3, -0.25) is 5.41 Å². The molecule has 1 aromatic rings. The van der Waals surface area contributed by atoms with Crippen molar-refractivity contribution < 1.29 is 14.7 Å². The van der Waals surface area contributed by atoms with E-state index in [2.05, 4.69) is 36.9 Å². The van der Waals surface area contributed by atoms with E-state index in [1.54, 1.807) is 12.5 Å². The smallest absolute Gasteiger partial charge is 0.171 e. The molecule has 3 heteroatoms. The number of unbranched alkanes of at least 4 members (excludes halogenated alkanes) is 3. The maximum absolute atomic E-state index is 5.52. The van der Waals surface area contributed by atoms with Gasteiger partial charge in [0, 0.05) is 23.6 Å². The third kappa shape index (κ3) is 7.78. The van der Waals surface area contributed by atoms with Crippen molar-refractivity contribution >= 4 is 6.21 Å². The van der Waals surface area contributed by atoms with E-state index in [9.17, 15) is 0 Å². The minimum absolute atomic E-state index is 0.784. The Bertz CT molecular complexity index is 559. The van der Waals surface area contributed by atoms with Crippen molar-refractivity contribution in [3.8, 4) is 0 Å². The fourth-order valence-corrected chi connectivity index (χ4v) is 2.19. The third-order valence-corrected chi connectivity index (χ3v) is 4.21. The zero-order valence-corrected chi connectivity index (χ0v) is 15.1. The average molecular weight is 316 g/mol. The second-order valence-corrected chi connectivity index (χ2v) is 6.17. The van der Waals surface area contributed by atoms with Crippen LogP contribution in [0.15, 0.2) is 41.9 Å². The maximum atomic E-state index is 5.52. The lowest BCUT2D eigenvalue weighted by atomic mass is 10.1. The van der Waals surface area contributed by atoms with Crippen LogP contribution < -0.4 is 9.98 Å². The molecular formula is C20H32N2O+2. The minimum Gasteiger partial charge on any atom is -0.501 e. The van der Waals surface area contributed by atoms with Crippen LogP contribution >= 0.6 is 0 Å². The van der Waals surface area contributed by atoms with Gasteiger partial charge in [-0.15, -0.1) is 0 Å². The molecule has 0 aromatic carbocycles. The van der Waals surface area contributed by atoms with Gasteiger partial charge in [0.1, 0.15) is 6.54 Å². The molecular weight excluding hydrogens is 284 g/mol. The number of pyridine rings is 1. The van der Waals surface area contributed by atoms with E-state index in [1.165, 1.54) is 30.4 Å². The number of rotatable bonds is 10. The summed E-state index contributed by atoms with van der Waals surface area (Å²) in [5.41, 5.74) is 4.93. The lowest BCUT2D eigenvalue weighted by Gasteiger charge is -2.02. The van der Waals surface area contributed by atoms with Gasteiger partial charge >= 0.3 is 0 Å². The summed E-state index contributed by atoms with van der Waals surface area (Å²) in [6.45, 7) is 10.2. The topological polar surface area (TPSA) is 38.7 Å². The molecule has 0 saturated carbocycles. The summed E-state index contributed by atoms with van der Waals surface area (Å²) >= 11 is 0. The van der Waals surface area contributed by atoms with Crippen LogP contribution in [-0.4, -0.2) is 12.8 Å². The van der Waals surface area contributed by atoms with Crippen molar-refractivity contribution in [1.29, 1.82) is 0 Å². The van der Waals surface area contributed by atoms with Gasteiger partial charge in [-0.05, 0) is 64.2 Å². The van der Waals surface area contributed by atoms with Crippen LogP contribution in [0, 0.1) is 13.8 Å². The molecule has 0 bridgehead atoms. The highest BCUT2D eigenvalue weighted by molar-refractivity contribution is 5.74. The number of allylic oxidation sites excluding steroid dienone is 3. The van der Waals surface area contributed by atoms with E-state index in [1.807, 2.05) is 19.9 Å². The van der Waals surface area contributed by atoms with E-state index >= 15 is 0 Å². The molecule has 0 aliphatic carbocycles. The molecule has 0 saturated heterocycles. The minimum atomic E-state index is 0.784. The Morgan fingerprint density at radius 1 is 1.09 bits per heavy atom. The number of hydrogen-bond acceptors (Lipinski definition) is 1. The van der Waals surface area contributed by atoms with E-state index in [0.717, 1.165) is 30.7 Å². The van der Waals surface area contributed by atoms with Crippen molar-refractivity contribution in [1.82, 2.24) is 0 Å². The first kappa shape index (κ1) is 19.1. The number of hydrogen-bond donors (Lipinski definition) is 1. The van der Waals surface area contributed by atoms with Crippen LogP contribution in [0.5, 0.6) is 0 Å². The third-order valence-electron chi connectivity index (χ3n) is 4.21. The molecule has 2 N–H and O–H groups in total. The van der Waals surface area contributed by atoms with E-state index < -0.39 is 0 Å². The zero-order valence-electron chi connectivity index (χ0n) is 15.1. The summed E-state index contributed by atoms with van der Waals surface area (Å²) in [4.78, 5) is 0. The molecule has 3 nitrogen and oxygen atoms in total. The van der Waals surface area contributed by atoms with Crippen LogP contribution in [0.3, 0.4) is 0 Å². The molecule has 0 fully saturated rings. The molecule has 0 spiro atoms. The Labute approximate surface area is 141 Å². The van der Waals surface area contributed by atoms with E-state index in [0.29, 0.717) is 0 Å². The van der Waals surface area contributed by atoms with Gasteiger partial charge in [0.25, 0.3) is 0 Å². The first-order valence-corrected chi connectivity index (χ1v) is 8.51. The second-order valence-electron chi connectivity index (χ2n) is 6.17. The molecule has 0 amide bonds. The number of nitrogens with zero attached hydrogens (tertiary/aromatic N) is 1. The Morgan fingerprint density at radius 3 is 2.52 bits per heavy atom. The van der Waals surface area contributed by atoms with Crippen molar-refractivity contribution in [3.63, 3.8) is 0 Å². The van der Waals surface area contributed by atoms with Gasteiger partial charge < -0.3 is 4.74 Å². The standard InChI is InChI=1S/C20H31N2O/c1-17-9-12-22(16-20(17)4)11-7-5-6-8-13-23-14-10-18(2)19(3)15-21/h9-10,12,14-16,21H,5-8,11,13H2,1-4H3/q+1/p+1/b14-10-,19-18-,21-15?. The monoisotopic (exact) mass is 316 g/mol. The van der Waals surface area contributed by atoms with Crippen LogP contribution in [-0.2, 0) is 11.3 Å². The van der Waals surface area contributed by atoms with Crippen molar-refractivity contribution in [3.05, 3.63) is 53.1 Å². The van der Waals surface area contributed by atoms with E-state index in [-0.39, 0.29) is 0 Å². The van der Waals surface area contributed by atoms with Crippen LogP contribution in [0.1, 0.15) is 50.7 Å². The molecule has 126 valence electrons. The lowest BCUT2D eigenvalue weighted by molar-refractivity contribution is -0.697. The molecule has 1 heterocycles. The SMILES string of the molecule is C/C(C=[NH2+])=C(C)/C=C\OCCCCCC[n+]1ccc(C)c(C)c1. The quantitative estimate of drug-likeness (QED) is 0.233. The van der Waals surface area contributed by atoms with Gasteiger partial charge in [0.05, 0.1) is 12.9 Å². The summed E-state index contributed by atoms with van der Waals surface area (Å²) in [6.07, 6.45) is 14.5.